The van der Waals surface area contributed by atoms with E-state index in [1.54, 1.807) is 0 Å². The van der Waals surface area contributed by atoms with Crippen LogP contribution in [0.4, 0.5) is 0 Å². The zero-order valence-corrected chi connectivity index (χ0v) is 18.7. The predicted molar refractivity (Wildman–Crippen MR) is 124 cm³/mol. The molecule has 134 valence electrons. The van der Waals surface area contributed by atoms with Crippen molar-refractivity contribution in [3.05, 3.63) is 58.3 Å². The first-order chi connectivity index (χ1) is 12.5. The third-order valence-electron chi connectivity index (χ3n) is 4.41. The van der Waals surface area contributed by atoms with Crippen molar-refractivity contribution in [1.29, 1.82) is 0 Å². The van der Waals surface area contributed by atoms with Crippen molar-refractivity contribution in [2.45, 2.75) is 49.3 Å². The van der Waals surface area contributed by atoms with E-state index >= 15 is 0 Å². The third-order valence-corrected chi connectivity index (χ3v) is 10.1. The number of hydrogen-bond acceptors (Lipinski definition) is 4. The summed E-state index contributed by atoms with van der Waals surface area (Å²) in [6, 6.07) is 18.1. The fourth-order valence-corrected chi connectivity index (χ4v) is 8.07. The van der Waals surface area contributed by atoms with Gasteiger partial charge in [0.15, 0.2) is 0 Å². The van der Waals surface area contributed by atoms with Gasteiger partial charge in [0.05, 0.1) is 0 Å². The van der Waals surface area contributed by atoms with Crippen molar-refractivity contribution >= 4 is 64.4 Å². The fourth-order valence-electron chi connectivity index (χ4n) is 2.90. The summed E-state index contributed by atoms with van der Waals surface area (Å²) in [5.74, 6) is 1.18. The van der Waals surface area contributed by atoms with Crippen LogP contribution in [0, 0.1) is 0 Å². The lowest BCUT2D eigenvalue weighted by Crippen LogP contribution is -1.77. The molecule has 2 aromatic carbocycles. The summed E-state index contributed by atoms with van der Waals surface area (Å²) in [5.41, 5.74) is 0. The van der Waals surface area contributed by atoms with Gasteiger partial charge in [-0.15, -0.1) is 22.7 Å². The molecule has 0 radical (unpaired) electrons. The molecule has 0 unspecified atom stereocenters. The molecule has 4 rings (SSSR count). The zero-order valence-electron chi connectivity index (χ0n) is 15.4. The van der Waals surface area contributed by atoms with E-state index in [-0.39, 0.29) is 0 Å². The van der Waals surface area contributed by atoms with Crippen LogP contribution in [0.5, 0.6) is 0 Å². The Morgan fingerprint density at radius 3 is 1.46 bits per heavy atom. The SMILES string of the molecule is CC(C)c1cc2cccc(SSc3cccc4cc(C(C)C)sc34)c2s1. The van der Waals surface area contributed by atoms with Crippen LogP contribution in [0.15, 0.2) is 58.3 Å². The topological polar surface area (TPSA) is 0 Å². The Kier molecular flexibility index (Phi) is 5.38. The highest BCUT2D eigenvalue weighted by Crippen LogP contribution is 2.47. The minimum absolute atomic E-state index is 0.590. The molecule has 26 heavy (non-hydrogen) atoms. The van der Waals surface area contributed by atoms with E-state index in [0.29, 0.717) is 11.8 Å². The van der Waals surface area contributed by atoms with Gasteiger partial charge in [0.1, 0.15) is 0 Å². The first-order valence-electron chi connectivity index (χ1n) is 8.92. The van der Waals surface area contributed by atoms with Crippen molar-refractivity contribution < 1.29 is 0 Å². The molecule has 0 N–H and O–H groups in total. The maximum absolute atomic E-state index is 2.36. The molecule has 0 spiro atoms. The largest absolute Gasteiger partial charge is 0.139 e. The number of hydrogen-bond donors (Lipinski definition) is 0. The summed E-state index contributed by atoms with van der Waals surface area (Å²) in [6.45, 7) is 9.10. The molecule has 0 atom stereocenters. The molecule has 0 saturated carbocycles. The third kappa shape index (κ3) is 3.57. The minimum atomic E-state index is 0.590. The molecule has 4 aromatic rings. The maximum atomic E-state index is 2.36. The lowest BCUT2D eigenvalue weighted by atomic mass is 10.1. The van der Waals surface area contributed by atoms with Crippen LogP contribution in [0.3, 0.4) is 0 Å². The van der Waals surface area contributed by atoms with Gasteiger partial charge in [0.2, 0.25) is 0 Å². The molecule has 2 heterocycles. The van der Waals surface area contributed by atoms with Gasteiger partial charge in [-0.2, -0.15) is 0 Å². The molecule has 0 bridgehead atoms. The summed E-state index contributed by atoms with van der Waals surface area (Å²) in [7, 11) is 3.79. The van der Waals surface area contributed by atoms with Gasteiger partial charge in [-0.3, -0.25) is 0 Å². The number of rotatable bonds is 5. The smallest absolute Gasteiger partial charge is 0.0490 e. The first kappa shape index (κ1) is 18.4. The van der Waals surface area contributed by atoms with Crippen LogP contribution in [0.25, 0.3) is 20.2 Å². The number of fused-ring (bicyclic) bond motifs is 2. The van der Waals surface area contributed by atoms with E-state index in [0.717, 1.165) is 0 Å². The molecular weight excluding hydrogens is 393 g/mol. The van der Waals surface area contributed by atoms with Crippen molar-refractivity contribution in [2.75, 3.05) is 0 Å². The second kappa shape index (κ2) is 7.59. The standard InChI is InChI=1S/C22H22S4/c1-13(2)19-11-15-7-5-9-17(21(15)23-19)25-26-18-10-6-8-16-12-20(14(3)4)24-22(16)18/h5-14H,1-4H3. The highest BCUT2D eigenvalue weighted by atomic mass is 33.1. The van der Waals surface area contributed by atoms with Gasteiger partial charge in [-0.05, 0) is 46.9 Å². The Morgan fingerprint density at radius 1 is 0.654 bits per heavy atom. The van der Waals surface area contributed by atoms with Crippen LogP contribution in [0.2, 0.25) is 0 Å². The molecule has 0 fully saturated rings. The minimum Gasteiger partial charge on any atom is -0.139 e. The van der Waals surface area contributed by atoms with Gasteiger partial charge >= 0.3 is 0 Å². The highest BCUT2D eigenvalue weighted by Gasteiger charge is 2.12. The maximum Gasteiger partial charge on any atom is 0.0490 e. The molecule has 0 saturated heterocycles. The second-order valence-corrected chi connectivity index (χ2v) is 11.5. The quantitative estimate of drug-likeness (QED) is 0.298. The average molecular weight is 415 g/mol. The van der Waals surface area contributed by atoms with E-state index in [4.69, 9.17) is 0 Å². The van der Waals surface area contributed by atoms with Gasteiger partial charge < -0.3 is 0 Å². The lowest BCUT2D eigenvalue weighted by Gasteiger charge is -2.04. The zero-order chi connectivity index (χ0) is 18.3. The van der Waals surface area contributed by atoms with Gasteiger partial charge in [-0.1, -0.05) is 73.5 Å². The van der Waals surface area contributed by atoms with Crippen LogP contribution in [0.1, 0.15) is 49.3 Å². The average Bonchev–Trinajstić information content (AvgIpc) is 3.24. The van der Waals surface area contributed by atoms with Crippen molar-refractivity contribution in [2.24, 2.45) is 0 Å². The van der Waals surface area contributed by atoms with Gasteiger partial charge in [-0.25, -0.2) is 0 Å². The monoisotopic (exact) mass is 414 g/mol. The fraction of sp³-hybridized carbons (Fsp3) is 0.273. The Hall–Kier alpha value is -0.940. The predicted octanol–water partition coefficient (Wildman–Crippen LogP) is 9.16. The van der Waals surface area contributed by atoms with E-state index in [2.05, 4.69) is 76.2 Å². The van der Waals surface area contributed by atoms with Crippen molar-refractivity contribution in [3.63, 3.8) is 0 Å². The van der Waals surface area contributed by atoms with Crippen LogP contribution < -0.4 is 0 Å². The Balaban J connectivity index is 1.65. The molecule has 0 aliphatic carbocycles. The lowest BCUT2D eigenvalue weighted by molar-refractivity contribution is 0.890. The Bertz CT molecular complexity index is 967. The molecular formula is C22H22S4. The highest BCUT2D eigenvalue weighted by molar-refractivity contribution is 8.76. The molecule has 0 nitrogen and oxygen atoms in total. The van der Waals surface area contributed by atoms with E-state index in [1.165, 1.54) is 39.7 Å². The van der Waals surface area contributed by atoms with E-state index in [9.17, 15) is 0 Å². The summed E-state index contributed by atoms with van der Waals surface area (Å²) < 4.78 is 2.85. The molecule has 0 aliphatic heterocycles. The van der Waals surface area contributed by atoms with Gasteiger partial charge in [0, 0.05) is 28.9 Å². The van der Waals surface area contributed by atoms with E-state index < -0.39 is 0 Å². The van der Waals surface area contributed by atoms with Crippen molar-refractivity contribution in [1.82, 2.24) is 0 Å². The van der Waals surface area contributed by atoms with E-state index in [1.807, 2.05) is 44.3 Å². The van der Waals surface area contributed by atoms with Crippen molar-refractivity contribution in [3.8, 4) is 0 Å². The number of thiophene rings is 2. The Labute approximate surface area is 171 Å². The normalized spacial score (nSPS) is 12.1. The van der Waals surface area contributed by atoms with Crippen LogP contribution in [-0.2, 0) is 0 Å². The van der Waals surface area contributed by atoms with Crippen LogP contribution >= 0.6 is 44.3 Å². The molecule has 2 aromatic heterocycles. The summed E-state index contributed by atoms with van der Waals surface area (Å²) in [6.07, 6.45) is 0. The number of benzene rings is 2. The first-order valence-corrected chi connectivity index (χ1v) is 12.7. The molecule has 4 heteroatoms. The Morgan fingerprint density at radius 2 is 1.08 bits per heavy atom. The van der Waals surface area contributed by atoms with Gasteiger partial charge in [0.25, 0.3) is 0 Å². The summed E-state index contributed by atoms with van der Waals surface area (Å²) in [5, 5.41) is 2.75. The summed E-state index contributed by atoms with van der Waals surface area (Å²) in [4.78, 5) is 5.70. The van der Waals surface area contributed by atoms with Crippen LogP contribution in [-0.4, -0.2) is 0 Å². The second-order valence-electron chi connectivity index (χ2n) is 7.12. The molecule has 0 amide bonds. The summed E-state index contributed by atoms with van der Waals surface area (Å²) >= 11 is 3.89. The molecule has 0 aliphatic rings.